The van der Waals surface area contributed by atoms with E-state index in [0.29, 0.717) is 42.6 Å². The average molecular weight is 552 g/mol. The Morgan fingerprint density at radius 3 is 2.55 bits per heavy atom. The summed E-state index contributed by atoms with van der Waals surface area (Å²) < 4.78 is 14.9. The fourth-order valence-electron chi connectivity index (χ4n) is 5.66. The molecule has 6 rings (SSSR count). The minimum absolute atomic E-state index is 0.000309. The Hall–Kier alpha value is -4.55. The number of aromatic amines is 1. The zero-order valence-electron chi connectivity index (χ0n) is 22.4. The first kappa shape index (κ1) is 27.0. The van der Waals surface area contributed by atoms with Gasteiger partial charge in [0.2, 0.25) is 5.75 Å². The first-order chi connectivity index (χ1) is 19.0. The highest BCUT2D eigenvalue weighted by Crippen LogP contribution is 2.50. The minimum atomic E-state index is -1.24. The third-order valence-electron chi connectivity index (χ3n) is 7.94. The third kappa shape index (κ3) is 4.50. The van der Waals surface area contributed by atoms with E-state index in [0.717, 1.165) is 4.90 Å². The lowest BCUT2D eigenvalue weighted by molar-refractivity contribution is -0.145. The molecule has 3 aliphatic rings. The number of carbonyl (C=O) groups is 3. The minimum Gasteiger partial charge on any atom is -0.501 e. The van der Waals surface area contributed by atoms with E-state index in [1.54, 1.807) is 25.4 Å². The molecule has 0 atom stereocenters. The molecule has 13 heteroatoms. The van der Waals surface area contributed by atoms with Gasteiger partial charge in [-0.3, -0.25) is 23.7 Å². The van der Waals surface area contributed by atoms with E-state index in [-0.39, 0.29) is 24.7 Å². The highest BCUT2D eigenvalue weighted by atomic mass is 19.1. The molecule has 1 fully saturated rings. The Balaban J connectivity index is 1.57. The Labute approximate surface area is 228 Å². The number of fused-ring (bicyclic) bond motifs is 2. The van der Waals surface area contributed by atoms with Crippen molar-refractivity contribution in [1.29, 1.82) is 0 Å². The molecule has 4 N–H and O–H groups in total. The SMILES string of the molecule is Cc1cc(CNC(=O)c2nc3n(c(=O)c2O)CC2(c4ncc[nH]4)CCC3(NC(=O)C(=O)N(C)C)CC2)ccc1F. The van der Waals surface area contributed by atoms with Crippen molar-refractivity contribution in [2.24, 2.45) is 0 Å². The number of hydrogen-bond acceptors (Lipinski definition) is 7. The quantitative estimate of drug-likeness (QED) is 0.344. The van der Waals surface area contributed by atoms with E-state index in [2.05, 4.69) is 25.6 Å². The van der Waals surface area contributed by atoms with E-state index in [4.69, 9.17) is 0 Å². The summed E-state index contributed by atoms with van der Waals surface area (Å²) in [6, 6.07) is 4.38. The molecule has 4 heterocycles. The molecule has 2 bridgehead atoms. The standard InChI is InChI=1S/C27H30FN7O5/c1-15-12-16(4-5-17(15)28)13-31-20(37)18-19(36)22(39)35-14-26(24-29-10-11-30-24)6-8-27(9-7-26,25(35)32-18)33-21(38)23(40)34(2)3/h4-5,10-12,36H,6-9,13-14H2,1-3H3,(H,29,30)(H,31,37)(H,33,38). The van der Waals surface area contributed by atoms with Gasteiger partial charge < -0.3 is 25.6 Å². The fourth-order valence-corrected chi connectivity index (χ4v) is 5.66. The van der Waals surface area contributed by atoms with Crippen LogP contribution in [-0.2, 0) is 33.6 Å². The van der Waals surface area contributed by atoms with Crippen molar-refractivity contribution in [3.05, 3.63) is 75.2 Å². The van der Waals surface area contributed by atoms with Crippen LogP contribution in [0.5, 0.6) is 5.75 Å². The number of carbonyl (C=O) groups excluding carboxylic acids is 3. The number of halogens is 1. The van der Waals surface area contributed by atoms with Crippen LogP contribution < -0.4 is 16.2 Å². The maximum atomic E-state index is 13.6. The summed E-state index contributed by atoms with van der Waals surface area (Å²) in [7, 11) is 2.91. The van der Waals surface area contributed by atoms with Gasteiger partial charge in [0.15, 0.2) is 5.69 Å². The van der Waals surface area contributed by atoms with Gasteiger partial charge >= 0.3 is 11.8 Å². The van der Waals surface area contributed by atoms with Crippen LogP contribution in [0.25, 0.3) is 0 Å². The molecule has 1 aliphatic carbocycles. The topological polar surface area (TPSA) is 162 Å². The number of H-pyrrole nitrogens is 1. The maximum absolute atomic E-state index is 13.6. The second-order valence-electron chi connectivity index (χ2n) is 10.7. The van der Waals surface area contributed by atoms with Crippen LogP contribution in [-0.4, -0.2) is 61.3 Å². The van der Waals surface area contributed by atoms with Crippen molar-refractivity contribution in [3.8, 4) is 5.75 Å². The second-order valence-corrected chi connectivity index (χ2v) is 10.7. The monoisotopic (exact) mass is 551 g/mol. The predicted molar refractivity (Wildman–Crippen MR) is 140 cm³/mol. The molecule has 0 spiro atoms. The lowest BCUT2D eigenvalue weighted by Gasteiger charge is -2.41. The summed E-state index contributed by atoms with van der Waals surface area (Å²) in [4.78, 5) is 65.4. The van der Waals surface area contributed by atoms with Gasteiger partial charge in [0.1, 0.15) is 17.5 Å². The number of hydrogen-bond donors (Lipinski definition) is 4. The van der Waals surface area contributed by atoms with Gasteiger partial charge in [0.05, 0.1) is 5.54 Å². The highest BCUT2D eigenvalue weighted by molar-refractivity contribution is 6.35. The molecule has 0 radical (unpaired) electrons. The van der Waals surface area contributed by atoms with Crippen molar-refractivity contribution in [1.82, 2.24) is 35.1 Å². The average Bonchev–Trinajstić information content (AvgIpc) is 3.40. The number of aromatic hydroxyl groups is 1. The van der Waals surface area contributed by atoms with Gasteiger partial charge in [-0.15, -0.1) is 0 Å². The van der Waals surface area contributed by atoms with Gasteiger partial charge in [0.25, 0.3) is 11.5 Å². The number of benzene rings is 1. The van der Waals surface area contributed by atoms with Crippen LogP contribution in [0.3, 0.4) is 0 Å². The summed E-state index contributed by atoms with van der Waals surface area (Å²) in [6.45, 7) is 1.70. The number of aromatic nitrogens is 4. The Morgan fingerprint density at radius 1 is 1.20 bits per heavy atom. The number of nitrogens with one attached hydrogen (secondary N) is 3. The summed E-state index contributed by atoms with van der Waals surface area (Å²) >= 11 is 0. The Bertz CT molecular complexity index is 1560. The van der Waals surface area contributed by atoms with Gasteiger partial charge in [-0.2, -0.15) is 0 Å². The van der Waals surface area contributed by atoms with Gasteiger partial charge in [-0.1, -0.05) is 12.1 Å². The van der Waals surface area contributed by atoms with Gasteiger partial charge in [0, 0.05) is 45.0 Å². The molecule has 12 nitrogen and oxygen atoms in total. The number of aryl methyl sites for hydroxylation is 1. The molecule has 1 saturated carbocycles. The van der Waals surface area contributed by atoms with E-state index in [9.17, 15) is 28.7 Å². The summed E-state index contributed by atoms with van der Waals surface area (Å²) in [5.41, 5.74) is -2.18. The number of nitrogens with zero attached hydrogens (tertiary/aromatic N) is 4. The summed E-state index contributed by atoms with van der Waals surface area (Å²) in [6.07, 6.45) is 4.91. The molecule has 3 amide bonds. The van der Waals surface area contributed by atoms with Crippen LogP contribution in [0.1, 0.15) is 58.9 Å². The van der Waals surface area contributed by atoms with Crippen molar-refractivity contribution in [2.45, 2.75) is 56.7 Å². The number of likely N-dealkylation sites (N-methyl/N-ethyl adjacent to an activating group) is 1. The molecule has 1 aromatic carbocycles. The Kier molecular flexibility index (Phi) is 6.68. The molecule has 2 aromatic heterocycles. The van der Waals surface area contributed by atoms with Crippen molar-refractivity contribution in [2.75, 3.05) is 14.1 Å². The normalized spacial score (nSPS) is 21.3. The van der Waals surface area contributed by atoms with Crippen molar-refractivity contribution >= 4 is 17.7 Å². The lowest BCUT2D eigenvalue weighted by Crippen LogP contribution is -2.54. The van der Waals surface area contributed by atoms with E-state index in [1.807, 2.05) is 0 Å². The molecule has 3 aromatic rings. The smallest absolute Gasteiger partial charge is 0.311 e. The number of imidazole rings is 1. The van der Waals surface area contributed by atoms with Gasteiger partial charge in [-0.25, -0.2) is 14.4 Å². The molecule has 40 heavy (non-hydrogen) atoms. The zero-order valence-corrected chi connectivity index (χ0v) is 22.4. The first-order valence-electron chi connectivity index (χ1n) is 12.9. The van der Waals surface area contributed by atoms with Crippen LogP contribution in [0.4, 0.5) is 4.39 Å². The first-order valence-corrected chi connectivity index (χ1v) is 12.9. The maximum Gasteiger partial charge on any atom is 0.311 e. The van der Waals surface area contributed by atoms with Gasteiger partial charge in [-0.05, 0) is 49.8 Å². The highest BCUT2D eigenvalue weighted by Gasteiger charge is 2.53. The number of amides is 3. The van der Waals surface area contributed by atoms with Crippen molar-refractivity contribution in [3.63, 3.8) is 0 Å². The summed E-state index contributed by atoms with van der Waals surface area (Å²) in [5, 5.41) is 16.3. The molecule has 0 saturated heterocycles. The van der Waals surface area contributed by atoms with E-state index in [1.165, 1.54) is 30.8 Å². The zero-order chi connectivity index (χ0) is 28.8. The predicted octanol–water partition coefficient (Wildman–Crippen LogP) is 0.975. The van der Waals surface area contributed by atoms with E-state index < -0.39 is 45.7 Å². The van der Waals surface area contributed by atoms with Crippen LogP contribution in [0.15, 0.2) is 35.4 Å². The second kappa shape index (κ2) is 9.88. The molecule has 210 valence electrons. The largest absolute Gasteiger partial charge is 0.501 e. The molecule has 2 aliphatic heterocycles. The molecular formula is C27H30FN7O5. The molecular weight excluding hydrogens is 521 g/mol. The number of rotatable bonds is 5. The van der Waals surface area contributed by atoms with Crippen molar-refractivity contribution < 1.29 is 23.9 Å². The Morgan fingerprint density at radius 2 is 1.93 bits per heavy atom. The molecule has 0 unspecified atom stereocenters. The van der Waals surface area contributed by atoms with E-state index >= 15 is 0 Å². The summed E-state index contributed by atoms with van der Waals surface area (Å²) in [5.74, 6) is -2.93. The lowest BCUT2D eigenvalue weighted by atomic mass is 9.68. The third-order valence-corrected chi connectivity index (χ3v) is 7.94. The fraction of sp³-hybridized carbons (Fsp3) is 0.407. The van der Waals surface area contributed by atoms with Crippen LogP contribution in [0.2, 0.25) is 0 Å². The van der Waals surface area contributed by atoms with Crippen LogP contribution in [0, 0.1) is 12.7 Å². The van der Waals surface area contributed by atoms with Crippen LogP contribution >= 0.6 is 0 Å².